The maximum Gasteiger partial charge on any atom is 0.321 e. The standard InChI is InChI=1S/C17H23I3N4O8/c1-6(27)24(17(21)32)14-12(19)9(15(30)22-2-7(28)4-25)11(18)10(13(14)20)16(31)23-3-8(29)5-26/h6-8,25-29H,2-5H2,1H3,(H2,21,32)(H,22,30)(H,23,31). The highest BCUT2D eigenvalue weighted by molar-refractivity contribution is 14.1. The van der Waals surface area contributed by atoms with Crippen molar-refractivity contribution in [2.45, 2.75) is 25.4 Å². The van der Waals surface area contributed by atoms with E-state index in [-0.39, 0.29) is 40.6 Å². The fourth-order valence-corrected chi connectivity index (χ4v) is 7.13. The van der Waals surface area contributed by atoms with Gasteiger partial charge in [0.15, 0.2) is 0 Å². The number of hydrogen-bond acceptors (Lipinski definition) is 8. The van der Waals surface area contributed by atoms with Crippen molar-refractivity contribution in [2.75, 3.05) is 31.2 Å². The van der Waals surface area contributed by atoms with Crippen LogP contribution in [-0.4, -0.2) is 88.1 Å². The largest absolute Gasteiger partial charge is 0.394 e. The first-order valence-electron chi connectivity index (χ1n) is 9.00. The number of aliphatic hydroxyl groups excluding tert-OH is 5. The Morgan fingerprint density at radius 1 is 0.875 bits per heavy atom. The van der Waals surface area contributed by atoms with Crippen LogP contribution in [-0.2, 0) is 0 Å². The van der Waals surface area contributed by atoms with Gasteiger partial charge in [-0.3, -0.25) is 14.5 Å². The smallest absolute Gasteiger partial charge is 0.321 e. The summed E-state index contributed by atoms with van der Waals surface area (Å²) in [6, 6.07) is -1.03. The second-order valence-corrected chi connectivity index (χ2v) is 9.71. The molecule has 1 aromatic carbocycles. The van der Waals surface area contributed by atoms with Gasteiger partial charge in [0, 0.05) is 16.7 Å². The summed E-state index contributed by atoms with van der Waals surface area (Å²) in [5.41, 5.74) is 5.41. The van der Waals surface area contributed by atoms with Crippen LogP contribution in [0.1, 0.15) is 27.6 Å². The number of rotatable bonds is 10. The van der Waals surface area contributed by atoms with Gasteiger partial charge >= 0.3 is 6.03 Å². The summed E-state index contributed by atoms with van der Waals surface area (Å²) in [6.45, 7) is -0.426. The van der Waals surface area contributed by atoms with Gasteiger partial charge in [0.1, 0.15) is 6.23 Å². The number of urea groups is 1. The Kier molecular flexibility index (Phi) is 12.3. The van der Waals surface area contributed by atoms with Crippen molar-refractivity contribution >= 4 is 91.3 Å². The molecule has 32 heavy (non-hydrogen) atoms. The number of halogens is 3. The van der Waals surface area contributed by atoms with Crippen LogP contribution in [0, 0.1) is 10.7 Å². The van der Waals surface area contributed by atoms with E-state index in [2.05, 4.69) is 10.6 Å². The number of nitrogens with zero attached hydrogens (tertiary/aromatic N) is 1. The summed E-state index contributed by atoms with van der Waals surface area (Å²) in [7, 11) is 0. The molecule has 12 nitrogen and oxygen atoms in total. The predicted molar refractivity (Wildman–Crippen MR) is 139 cm³/mol. The zero-order chi connectivity index (χ0) is 24.7. The van der Waals surface area contributed by atoms with Crippen molar-refractivity contribution in [3.8, 4) is 0 Å². The Bertz CT molecular complexity index is 818. The normalized spacial score (nSPS) is 13.8. The SMILES string of the molecule is CC(O)N(C(N)=O)c1c(I)c(C(=O)NCC(O)CO)c(I)c(C(=O)NCC(O)CO)c1I. The van der Waals surface area contributed by atoms with Gasteiger partial charge in [-0.1, -0.05) is 0 Å². The van der Waals surface area contributed by atoms with E-state index in [1.807, 2.05) is 0 Å². The van der Waals surface area contributed by atoms with Gasteiger partial charge in [-0.2, -0.15) is 0 Å². The first-order chi connectivity index (χ1) is 14.9. The van der Waals surface area contributed by atoms with Crippen LogP contribution in [0.25, 0.3) is 0 Å². The van der Waals surface area contributed by atoms with Crippen molar-refractivity contribution in [3.05, 3.63) is 21.8 Å². The molecule has 1 aromatic rings. The number of primary amides is 1. The summed E-state index contributed by atoms with van der Waals surface area (Å²) in [6.07, 6.45) is -3.81. The second kappa shape index (κ2) is 13.3. The third-order valence-corrected chi connectivity index (χ3v) is 7.20. The monoisotopic (exact) mass is 792 g/mol. The Balaban J connectivity index is 3.71. The number of nitrogens with one attached hydrogen (secondary N) is 2. The summed E-state index contributed by atoms with van der Waals surface area (Å²) < 4.78 is 0.611. The Morgan fingerprint density at radius 2 is 1.25 bits per heavy atom. The van der Waals surface area contributed by atoms with Crippen LogP contribution in [0.15, 0.2) is 0 Å². The molecule has 15 heteroatoms. The van der Waals surface area contributed by atoms with Crippen molar-refractivity contribution in [1.29, 1.82) is 0 Å². The first-order valence-corrected chi connectivity index (χ1v) is 12.2. The fourth-order valence-electron chi connectivity index (χ4n) is 2.47. The molecule has 0 aromatic heterocycles. The first kappa shape index (κ1) is 29.5. The highest BCUT2D eigenvalue weighted by Gasteiger charge is 2.33. The molecular formula is C17H23I3N4O8. The molecule has 180 valence electrons. The van der Waals surface area contributed by atoms with Crippen LogP contribution in [0.3, 0.4) is 0 Å². The van der Waals surface area contributed by atoms with Crippen molar-refractivity contribution in [2.24, 2.45) is 5.73 Å². The number of carbonyl (C=O) groups excluding carboxylic acids is 3. The summed E-state index contributed by atoms with van der Waals surface area (Å²) >= 11 is 5.35. The molecule has 0 heterocycles. The van der Waals surface area contributed by atoms with E-state index in [0.29, 0.717) is 0 Å². The molecule has 0 spiro atoms. The minimum Gasteiger partial charge on any atom is -0.394 e. The maximum absolute atomic E-state index is 12.9. The van der Waals surface area contributed by atoms with E-state index in [1.165, 1.54) is 6.92 Å². The summed E-state index contributed by atoms with van der Waals surface area (Å²) in [5, 5.41) is 52.0. The lowest BCUT2D eigenvalue weighted by Gasteiger charge is -2.28. The Hall–Kier alpha value is -0.580. The molecular weight excluding hydrogens is 769 g/mol. The third-order valence-electron chi connectivity index (χ3n) is 4.02. The average Bonchev–Trinajstić information content (AvgIpc) is 2.72. The van der Waals surface area contributed by atoms with E-state index >= 15 is 0 Å². The van der Waals surface area contributed by atoms with Crippen molar-refractivity contribution in [3.63, 3.8) is 0 Å². The minimum absolute atomic E-state index is 0.0217. The van der Waals surface area contributed by atoms with Gasteiger partial charge in [-0.25, -0.2) is 4.79 Å². The summed E-state index contributed by atoms with van der Waals surface area (Å²) in [4.78, 5) is 38.7. The molecule has 0 saturated heterocycles. The van der Waals surface area contributed by atoms with Crippen LogP contribution in [0.5, 0.6) is 0 Å². The predicted octanol–water partition coefficient (Wildman–Crippen LogP) is -1.11. The number of aliphatic hydroxyl groups is 5. The molecule has 0 radical (unpaired) electrons. The van der Waals surface area contributed by atoms with Crippen molar-refractivity contribution < 1.29 is 39.9 Å². The highest BCUT2D eigenvalue weighted by atomic mass is 127. The lowest BCUT2D eigenvalue weighted by atomic mass is 10.1. The van der Waals surface area contributed by atoms with Crippen LogP contribution in [0.4, 0.5) is 10.5 Å². The molecule has 9 N–H and O–H groups in total. The lowest BCUT2D eigenvalue weighted by Crippen LogP contribution is -2.44. The topological polar surface area (TPSA) is 206 Å². The lowest BCUT2D eigenvalue weighted by molar-refractivity contribution is 0.0798. The zero-order valence-electron chi connectivity index (χ0n) is 16.7. The summed E-state index contributed by atoms with van der Waals surface area (Å²) in [5.74, 6) is -1.41. The van der Waals surface area contributed by atoms with Crippen LogP contribution in [0.2, 0.25) is 0 Å². The van der Waals surface area contributed by atoms with E-state index < -0.39 is 49.5 Å². The van der Waals surface area contributed by atoms with Crippen molar-refractivity contribution in [1.82, 2.24) is 10.6 Å². The number of carbonyl (C=O) groups is 3. The number of nitrogens with two attached hydrogens (primary N) is 1. The van der Waals surface area contributed by atoms with E-state index in [4.69, 9.17) is 15.9 Å². The quantitative estimate of drug-likeness (QED) is 0.108. The van der Waals surface area contributed by atoms with E-state index in [9.17, 15) is 29.7 Å². The Morgan fingerprint density at radius 3 is 1.53 bits per heavy atom. The molecule has 0 fully saturated rings. The number of amides is 4. The fraction of sp³-hybridized carbons (Fsp3) is 0.471. The third kappa shape index (κ3) is 7.21. The van der Waals surface area contributed by atoms with E-state index in [1.54, 1.807) is 67.8 Å². The molecule has 0 aliphatic heterocycles. The zero-order valence-corrected chi connectivity index (χ0v) is 23.2. The molecule has 3 unspecified atom stereocenters. The molecule has 4 amide bonds. The Labute approximate surface area is 224 Å². The minimum atomic E-state index is -1.39. The van der Waals surface area contributed by atoms with Gasteiger partial charge in [0.05, 0.1) is 49.4 Å². The average molecular weight is 792 g/mol. The second-order valence-electron chi connectivity index (χ2n) is 6.47. The van der Waals surface area contributed by atoms with Gasteiger partial charge in [-0.05, 0) is 74.7 Å². The molecule has 0 aliphatic rings. The molecule has 0 saturated carbocycles. The van der Waals surface area contributed by atoms with Crippen LogP contribution >= 0.6 is 67.8 Å². The molecule has 3 atom stereocenters. The molecule has 0 aliphatic carbocycles. The number of benzene rings is 1. The number of anilines is 1. The van der Waals surface area contributed by atoms with Gasteiger partial charge in [-0.15, -0.1) is 0 Å². The molecule has 0 bridgehead atoms. The maximum atomic E-state index is 12.9. The van der Waals surface area contributed by atoms with Crippen LogP contribution < -0.4 is 21.3 Å². The van der Waals surface area contributed by atoms with E-state index in [0.717, 1.165) is 4.90 Å². The molecule has 1 rings (SSSR count). The number of hydrogen-bond donors (Lipinski definition) is 8. The van der Waals surface area contributed by atoms with Gasteiger partial charge in [0.25, 0.3) is 11.8 Å². The van der Waals surface area contributed by atoms with Gasteiger partial charge < -0.3 is 41.9 Å². The highest BCUT2D eigenvalue weighted by Crippen LogP contribution is 2.38. The van der Waals surface area contributed by atoms with Gasteiger partial charge in [0.2, 0.25) is 0 Å².